The number of imidazole rings is 1. The summed E-state index contributed by atoms with van der Waals surface area (Å²) in [5.74, 6) is 0.492. The molecule has 0 radical (unpaired) electrons. The van der Waals surface area contributed by atoms with Crippen molar-refractivity contribution in [3.63, 3.8) is 0 Å². The maximum Gasteiger partial charge on any atom is 0.411 e. The Labute approximate surface area is 225 Å². The Morgan fingerprint density at radius 2 is 1.84 bits per heavy atom. The second kappa shape index (κ2) is 10.1. The molecule has 0 spiro atoms. The molecule has 0 saturated carbocycles. The van der Waals surface area contributed by atoms with E-state index in [4.69, 9.17) is 28.3 Å². The van der Waals surface area contributed by atoms with E-state index < -0.39 is 6.09 Å². The van der Waals surface area contributed by atoms with Crippen molar-refractivity contribution in [1.82, 2.24) is 34.7 Å². The van der Waals surface area contributed by atoms with Crippen LogP contribution in [0, 0.1) is 6.92 Å². The summed E-state index contributed by atoms with van der Waals surface area (Å²) >= 11 is 12.7. The molecule has 0 saturated heterocycles. The number of aromatic amines is 1. The molecule has 5 aromatic rings. The number of carbonyl (C=O) groups is 1. The van der Waals surface area contributed by atoms with E-state index in [-0.39, 0.29) is 17.3 Å². The Morgan fingerprint density at radius 1 is 1.08 bits per heavy atom. The van der Waals surface area contributed by atoms with Crippen molar-refractivity contribution in [2.45, 2.75) is 13.5 Å². The van der Waals surface area contributed by atoms with Gasteiger partial charge in [-0.1, -0.05) is 35.3 Å². The van der Waals surface area contributed by atoms with Gasteiger partial charge < -0.3 is 14.7 Å². The minimum absolute atomic E-state index is 0.167. The number of hydrogen-bond acceptors (Lipinski definition) is 6. The molecule has 1 amide bonds. The molecule has 3 aromatic heterocycles. The fourth-order valence-corrected chi connectivity index (χ4v) is 4.51. The van der Waals surface area contributed by atoms with Gasteiger partial charge in [0.2, 0.25) is 0 Å². The molecule has 0 atom stereocenters. The number of aryl methyl sites for hydroxylation is 1. The monoisotopic (exact) mass is 550 g/mol. The Balaban J connectivity index is 1.45. The number of tetrazole rings is 1. The average molecular weight is 551 g/mol. The van der Waals surface area contributed by atoms with Gasteiger partial charge in [0.15, 0.2) is 5.15 Å². The lowest BCUT2D eigenvalue weighted by Gasteiger charge is -2.13. The molecule has 0 aliphatic rings. The first-order valence-corrected chi connectivity index (χ1v) is 12.0. The number of nitrogens with one attached hydrogen (secondary N) is 1. The van der Waals surface area contributed by atoms with E-state index >= 15 is 0 Å². The molecular weight excluding hydrogens is 531 g/mol. The van der Waals surface area contributed by atoms with E-state index in [1.165, 1.54) is 24.1 Å². The Hall–Kier alpha value is -4.48. The van der Waals surface area contributed by atoms with Gasteiger partial charge in [-0.25, -0.2) is 9.78 Å². The van der Waals surface area contributed by atoms with E-state index in [9.17, 15) is 9.59 Å². The molecule has 2 aromatic carbocycles. The van der Waals surface area contributed by atoms with E-state index in [2.05, 4.69) is 25.5 Å². The number of rotatable bonds is 6. The molecule has 2 N–H and O–H groups in total. The molecule has 0 bridgehead atoms. The van der Waals surface area contributed by atoms with Crippen molar-refractivity contribution >= 4 is 35.0 Å². The quantitative estimate of drug-likeness (QED) is 0.314. The Bertz CT molecular complexity index is 1700. The van der Waals surface area contributed by atoms with Crippen molar-refractivity contribution in [2.24, 2.45) is 0 Å². The van der Waals surface area contributed by atoms with Crippen LogP contribution in [0.5, 0.6) is 0 Å². The summed E-state index contributed by atoms with van der Waals surface area (Å²) in [4.78, 5) is 33.0. The first-order valence-electron chi connectivity index (χ1n) is 11.3. The van der Waals surface area contributed by atoms with Gasteiger partial charge in [0.05, 0.1) is 17.9 Å². The first-order chi connectivity index (χ1) is 18.2. The third-order valence-electron chi connectivity index (χ3n) is 6.05. The number of carboxylic acid groups (broad SMARTS) is 1. The summed E-state index contributed by atoms with van der Waals surface area (Å²) < 4.78 is 3.08. The van der Waals surface area contributed by atoms with Gasteiger partial charge in [0.1, 0.15) is 12.2 Å². The molecule has 0 fully saturated rings. The lowest BCUT2D eigenvalue weighted by atomic mass is 10.0. The van der Waals surface area contributed by atoms with E-state index in [0.29, 0.717) is 44.7 Å². The van der Waals surface area contributed by atoms with E-state index in [1.54, 1.807) is 47.0 Å². The van der Waals surface area contributed by atoms with Crippen LogP contribution in [-0.4, -0.2) is 53.0 Å². The highest BCUT2D eigenvalue weighted by Gasteiger charge is 2.16. The molecular formula is C25H20Cl2N8O3. The zero-order chi connectivity index (χ0) is 27.0. The van der Waals surface area contributed by atoms with Crippen LogP contribution in [0.4, 0.5) is 10.5 Å². The van der Waals surface area contributed by atoms with Crippen LogP contribution in [0.25, 0.3) is 28.1 Å². The number of benzene rings is 2. The zero-order valence-corrected chi connectivity index (χ0v) is 21.6. The number of halogens is 2. The highest BCUT2D eigenvalue weighted by atomic mass is 35.5. The van der Waals surface area contributed by atoms with Gasteiger partial charge in [-0.2, -0.15) is 4.68 Å². The predicted octanol–water partition coefficient (Wildman–Crippen LogP) is 4.66. The van der Waals surface area contributed by atoms with Crippen molar-refractivity contribution in [2.75, 3.05) is 11.9 Å². The van der Waals surface area contributed by atoms with Gasteiger partial charge >= 0.3 is 6.09 Å². The molecule has 192 valence electrons. The number of H-pyrrole nitrogens is 1. The number of anilines is 1. The Kier molecular flexibility index (Phi) is 6.70. The molecule has 5 rings (SSSR count). The van der Waals surface area contributed by atoms with Crippen LogP contribution in [0.15, 0.2) is 65.7 Å². The number of aromatic nitrogens is 7. The molecule has 0 aliphatic heterocycles. The van der Waals surface area contributed by atoms with Gasteiger partial charge in [-0.15, -0.1) is 5.10 Å². The second-order valence-electron chi connectivity index (χ2n) is 8.46. The molecule has 0 unspecified atom stereocenters. The maximum absolute atomic E-state index is 13.2. The summed E-state index contributed by atoms with van der Waals surface area (Å²) in [6, 6.07) is 15.5. The standard InChI is InChI=1S/C25H20Cl2N8O3/c1-14-9-16(19-11-17(26)5-8-20(19)35-13-28-31-32-35)10-22(36)34(14)12-21-29-23(24(27)30-21)15-3-6-18(7-4-15)33(2)25(37)38/h3-11,13H,12H2,1-2H3,(H,29,30)(H,37,38). The molecule has 3 heterocycles. The van der Waals surface area contributed by atoms with Gasteiger partial charge in [-0.05, 0) is 59.3 Å². The fourth-order valence-electron chi connectivity index (χ4n) is 4.07. The van der Waals surface area contributed by atoms with Crippen LogP contribution < -0.4 is 10.5 Å². The van der Waals surface area contributed by atoms with Crippen molar-refractivity contribution in [1.29, 1.82) is 0 Å². The lowest BCUT2D eigenvalue weighted by molar-refractivity contribution is 0.203. The number of pyridine rings is 1. The van der Waals surface area contributed by atoms with Crippen LogP contribution in [0.2, 0.25) is 10.2 Å². The minimum Gasteiger partial charge on any atom is -0.465 e. The van der Waals surface area contributed by atoms with Crippen LogP contribution in [-0.2, 0) is 6.54 Å². The highest BCUT2D eigenvalue weighted by molar-refractivity contribution is 6.32. The third kappa shape index (κ3) is 4.89. The van der Waals surface area contributed by atoms with E-state index in [0.717, 1.165) is 10.5 Å². The van der Waals surface area contributed by atoms with Crippen LogP contribution >= 0.6 is 23.2 Å². The van der Waals surface area contributed by atoms with Crippen molar-refractivity contribution in [3.05, 3.63) is 93.0 Å². The second-order valence-corrected chi connectivity index (χ2v) is 9.26. The molecule has 38 heavy (non-hydrogen) atoms. The summed E-state index contributed by atoms with van der Waals surface area (Å²) in [5.41, 5.74) is 4.33. The van der Waals surface area contributed by atoms with Gasteiger partial charge in [-0.3, -0.25) is 9.69 Å². The first kappa shape index (κ1) is 25.2. The number of amides is 1. The SMILES string of the molecule is Cc1cc(-c2cc(Cl)ccc2-n2cnnn2)cc(=O)n1Cc1nc(Cl)c(-c2ccc(N(C)C(=O)O)cc2)[nH]1. The normalized spacial score (nSPS) is 11.1. The summed E-state index contributed by atoms with van der Waals surface area (Å²) in [7, 11) is 1.46. The largest absolute Gasteiger partial charge is 0.465 e. The zero-order valence-electron chi connectivity index (χ0n) is 20.1. The van der Waals surface area contributed by atoms with Gasteiger partial charge in [0, 0.05) is 40.6 Å². The van der Waals surface area contributed by atoms with Crippen molar-refractivity contribution < 1.29 is 9.90 Å². The summed E-state index contributed by atoms with van der Waals surface area (Å²) in [6.07, 6.45) is 0.408. The van der Waals surface area contributed by atoms with Crippen LogP contribution in [0.3, 0.4) is 0 Å². The fraction of sp³-hybridized carbons (Fsp3) is 0.120. The third-order valence-corrected chi connectivity index (χ3v) is 6.56. The predicted molar refractivity (Wildman–Crippen MR) is 143 cm³/mol. The van der Waals surface area contributed by atoms with E-state index in [1.807, 2.05) is 13.0 Å². The molecule has 0 aliphatic carbocycles. The van der Waals surface area contributed by atoms with Crippen LogP contribution in [0.1, 0.15) is 11.5 Å². The smallest absolute Gasteiger partial charge is 0.411 e. The summed E-state index contributed by atoms with van der Waals surface area (Å²) in [6.45, 7) is 2.00. The maximum atomic E-state index is 13.2. The molecule has 11 nitrogen and oxygen atoms in total. The van der Waals surface area contributed by atoms with Gasteiger partial charge in [0.25, 0.3) is 5.56 Å². The number of nitrogens with zero attached hydrogens (tertiary/aromatic N) is 7. The Morgan fingerprint density at radius 3 is 2.50 bits per heavy atom. The summed E-state index contributed by atoms with van der Waals surface area (Å²) in [5, 5.41) is 21.2. The highest BCUT2D eigenvalue weighted by Crippen LogP contribution is 2.30. The number of hydrogen-bond donors (Lipinski definition) is 2. The topological polar surface area (TPSA) is 135 Å². The van der Waals surface area contributed by atoms with Crippen molar-refractivity contribution in [3.8, 4) is 28.1 Å². The average Bonchev–Trinajstić information content (AvgIpc) is 3.55. The molecule has 13 heteroatoms. The minimum atomic E-state index is -1.06. The lowest BCUT2D eigenvalue weighted by Crippen LogP contribution is -2.23.